The molecule has 0 bridgehead atoms. The molecule has 3 nitrogen and oxygen atoms in total. The summed E-state index contributed by atoms with van der Waals surface area (Å²) in [6.45, 7) is 1.74. The maximum atomic E-state index is 11.1. The number of aliphatic carboxylic acids is 1. The van der Waals surface area contributed by atoms with Gasteiger partial charge < -0.3 is 5.11 Å². The lowest BCUT2D eigenvalue weighted by Gasteiger charge is -2.06. The van der Waals surface area contributed by atoms with Crippen LogP contribution in [0.1, 0.15) is 24.8 Å². The molecule has 0 saturated carbocycles. The number of carboxylic acid groups (broad SMARTS) is 1. The Hall–Kier alpha value is -1.90. The van der Waals surface area contributed by atoms with E-state index in [0.717, 1.165) is 0 Å². The van der Waals surface area contributed by atoms with Crippen LogP contribution in [0, 0.1) is 0 Å². The van der Waals surface area contributed by atoms with Gasteiger partial charge in [-0.05, 0) is 11.6 Å². The molecule has 0 fully saturated rings. The lowest BCUT2D eigenvalue weighted by Crippen LogP contribution is -2.09. The van der Waals surface area contributed by atoms with Crippen LogP contribution >= 0.6 is 0 Å². The zero-order valence-corrected chi connectivity index (χ0v) is 9.09. The molecule has 1 unspecified atom stereocenters. The number of hydrogen-bond donors (Lipinski definition) is 1. The van der Waals surface area contributed by atoms with Crippen LogP contribution in [-0.4, -0.2) is 16.9 Å². The van der Waals surface area contributed by atoms with Crippen molar-refractivity contribution in [2.24, 2.45) is 0 Å². The van der Waals surface area contributed by atoms with Gasteiger partial charge in [-0.2, -0.15) is 0 Å². The van der Waals surface area contributed by atoms with Gasteiger partial charge in [0, 0.05) is 6.42 Å². The number of carbonyl (C=O) groups is 2. The van der Waals surface area contributed by atoms with Gasteiger partial charge in [0.2, 0.25) is 0 Å². The number of allylic oxidation sites excluding steroid dienone is 1. The van der Waals surface area contributed by atoms with Gasteiger partial charge in [-0.3, -0.25) is 9.59 Å². The third-order valence-electron chi connectivity index (χ3n) is 2.25. The minimum absolute atomic E-state index is 0.0674. The molecule has 1 aromatic rings. The molecular formula is C13H14O3. The summed E-state index contributed by atoms with van der Waals surface area (Å²) >= 11 is 0. The first-order valence-electron chi connectivity index (χ1n) is 5.14. The first kappa shape index (κ1) is 12.2. The lowest BCUT2D eigenvalue weighted by molar-refractivity contribution is -0.137. The van der Waals surface area contributed by atoms with Gasteiger partial charge in [-0.25, -0.2) is 0 Å². The second kappa shape index (κ2) is 5.85. The summed E-state index contributed by atoms with van der Waals surface area (Å²) in [5.41, 5.74) is 0.676. The molecule has 16 heavy (non-hydrogen) atoms. The van der Waals surface area contributed by atoms with Gasteiger partial charge in [0.1, 0.15) is 5.92 Å². The summed E-state index contributed by atoms with van der Waals surface area (Å²) in [4.78, 5) is 22.1. The Labute approximate surface area is 94.4 Å². The van der Waals surface area contributed by atoms with Crippen molar-refractivity contribution in [3.8, 4) is 0 Å². The van der Waals surface area contributed by atoms with E-state index in [4.69, 9.17) is 5.11 Å². The van der Waals surface area contributed by atoms with E-state index in [0.29, 0.717) is 12.0 Å². The van der Waals surface area contributed by atoms with Crippen molar-refractivity contribution in [3.63, 3.8) is 0 Å². The molecule has 0 aromatic heterocycles. The van der Waals surface area contributed by atoms with E-state index in [1.807, 2.05) is 6.07 Å². The van der Waals surface area contributed by atoms with Crippen LogP contribution in [-0.2, 0) is 9.59 Å². The van der Waals surface area contributed by atoms with Crippen LogP contribution in [0.4, 0.5) is 0 Å². The number of carbonyl (C=O) groups excluding carboxylic acids is 1. The fourth-order valence-corrected chi connectivity index (χ4v) is 1.32. The Morgan fingerprint density at radius 1 is 1.31 bits per heavy atom. The highest BCUT2D eigenvalue weighted by Gasteiger charge is 2.15. The lowest BCUT2D eigenvalue weighted by atomic mass is 9.98. The molecule has 0 amide bonds. The third-order valence-corrected chi connectivity index (χ3v) is 2.25. The van der Waals surface area contributed by atoms with E-state index in [1.54, 1.807) is 31.2 Å². The topological polar surface area (TPSA) is 54.4 Å². The number of hydrogen-bond acceptors (Lipinski definition) is 2. The van der Waals surface area contributed by atoms with Crippen molar-refractivity contribution in [2.45, 2.75) is 19.3 Å². The van der Waals surface area contributed by atoms with Crippen LogP contribution in [0.5, 0.6) is 0 Å². The van der Waals surface area contributed by atoms with E-state index < -0.39 is 11.9 Å². The highest BCUT2D eigenvalue weighted by atomic mass is 16.4. The molecule has 84 valence electrons. The van der Waals surface area contributed by atoms with Gasteiger partial charge in [0.25, 0.3) is 0 Å². The quantitative estimate of drug-likeness (QED) is 0.772. The summed E-state index contributed by atoms with van der Waals surface area (Å²) in [6, 6.07) is 8.85. The van der Waals surface area contributed by atoms with Crippen LogP contribution < -0.4 is 0 Å². The first-order chi connectivity index (χ1) is 7.65. The molecule has 0 heterocycles. The number of benzene rings is 1. The smallest absolute Gasteiger partial charge is 0.314 e. The molecule has 0 radical (unpaired) electrons. The van der Waals surface area contributed by atoms with E-state index in [9.17, 15) is 9.59 Å². The maximum absolute atomic E-state index is 11.1. The van der Waals surface area contributed by atoms with E-state index >= 15 is 0 Å². The number of carboxylic acids is 1. The number of rotatable bonds is 5. The second-order valence-corrected chi connectivity index (χ2v) is 3.41. The Bertz CT molecular complexity index is 393. The molecule has 1 aromatic carbocycles. The molecule has 0 aliphatic heterocycles. The largest absolute Gasteiger partial charge is 0.481 e. The number of ketones is 1. The van der Waals surface area contributed by atoms with Crippen LogP contribution in [0.2, 0.25) is 0 Å². The SMILES string of the molecule is CCC(=O)/C=C/C(C(=O)O)c1ccccc1. The highest BCUT2D eigenvalue weighted by molar-refractivity contribution is 5.90. The van der Waals surface area contributed by atoms with Crippen molar-refractivity contribution in [1.82, 2.24) is 0 Å². The van der Waals surface area contributed by atoms with Gasteiger partial charge >= 0.3 is 5.97 Å². The van der Waals surface area contributed by atoms with Crippen molar-refractivity contribution in [1.29, 1.82) is 0 Å². The molecule has 1 rings (SSSR count). The average Bonchev–Trinajstić information content (AvgIpc) is 2.30. The third kappa shape index (κ3) is 3.35. The maximum Gasteiger partial charge on any atom is 0.314 e. The van der Waals surface area contributed by atoms with Crippen molar-refractivity contribution < 1.29 is 14.7 Å². The normalized spacial score (nSPS) is 12.6. The fraction of sp³-hybridized carbons (Fsp3) is 0.231. The van der Waals surface area contributed by atoms with Crippen LogP contribution in [0.15, 0.2) is 42.5 Å². The Morgan fingerprint density at radius 2 is 1.94 bits per heavy atom. The second-order valence-electron chi connectivity index (χ2n) is 3.41. The van der Waals surface area contributed by atoms with Crippen molar-refractivity contribution in [2.75, 3.05) is 0 Å². The van der Waals surface area contributed by atoms with Crippen molar-refractivity contribution in [3.05, 3.63) is 48.0 Å². The zero-order chi connectivity index (χ0) is 12.0. The van der Waals surface area contributed by atoms with Crippen LogP contribution in [0.3, 0.4) is 0 Å². The van der Waals surface area contributed by atoms with E-state index in [-0.39, 0.29) is 5.78 Å². The summed E-state index contributed by atoms with van der Waals surface area (Å²) in [7, 11) is 0. The average molecular weight is 218 g/mol. The molecule has 1 N–H and O–H groups in total. The Balaban J connectivity index is 2.89. The van der Waals surface area contributed by atoms with Crippen LogP contribution in [0.25, 0.3) is 0 Å². The fourth-order valence-electron chi connectivity index (χ4n) is 1.32. The standard InChI is InChI=1S/C13H14O3/c1-2-11(14)8-9-12(13(15)16)10-6-4-3-5-7-10/h3-9,12H,2H2,1H3,(H,15,16)/b9-8+. The molecule has 3 heteroatoms. The van der Waals surface area contributed by atoms with Gasteiger partial charge in [0.15, 0.2) is 5.78 Å². The summed E-state index contributed by atoms with van der Waals surface area (Å²) in [5, 5.41) is 9.05. The van der Waals surface area contributed by atoms with E-state index in [2.05, 4.69) is 0 Å². The Kier molecular flexibility index (Phi) is 4.45. The molecule has 0 spiro atoms. The highest BCUT2D eigenvalue weighted by Crippen LogP contribution is 2.17. The summed E-state index contributed by atoms with van der Waals surface area (Å²) in [5.74, 6) is -1.77. The minimum Gasteiger partial charge on any atom is -0.481 e. The molecule has 0 aliphatic rings. The van der Waals surface area contributed by atoms with Crippen molar-refractivity contribution >= 4 is 11.8 Å². The Morgan fingerprint density at radius 3 is 2.44 bits per heavy atom. The van der Waals surface area contributed by atoms with Gasteiger partial charge in [-0.1, -0.05) is 43.3 Å². The molecule has 0 saturated heterocycles. The molecule has 1 atom stereocenters. The van der Waals surface area contributed by atoms with E-state index in [1.165, 1.54) is 12.2 Å². The predicted molar refractivity (Wildman–Crippen MR) is 61.3 cm³/mol. The monoisotopic (exact) mass is 218 g/mol. The summed E-state index contributed by atoms with van der Waals surface area (Å²) in [6.07, 6.45) is 3.16. The minimum atomic E-state index is -0.952. The van der Waals surface area contributed by atoms with Gasteiger partial charge in [0.05, 0.1) is 0 Å². The zero-order valence-electron chi connectivity index (χ0n) is 9.09. The summed E-state index contributed by atoms with van der Waals surface area (Å²) < 4.78 is 0. The predicted octanol–water partition coefficient (Wildman–Crippen LogP) is 2.39. The molecular weight excluding hydrogens is 204 g/mol. The van der Waals surface area contributed by atoms with Gasteiger partial charge in [-0.15, -0.1) is 0 Å². The molecule has 0 aliphatic carbocycles. The first-order valence-corrected chi connectivity index (χ1v) is 5.14.